The summed E-state index contributed by atoms with van der Waals surface area (Å²) in [7, 11) is 0. The maximum atomic E-state index is 12.8. The Labute approximate surface area is 208 Å². The van der Waals surface area contributed by atoms with Crippen LogP contribution in [0.5, 0.6) is 0 Å². The molecule has 0 saturated heterocycles. The maximum absolute atomic E-state index is 12.8. The van der Waals surface area contributed by atoms with E-state index >= 15 is 0 Å². The molecule has 8 N–H and O–H groups in total. The molecule has 11 nitrogen and oxygen atoms in total. The summed E-state index contributed by atoms with van der Waals surface area (Å²) in [4.78, 5) is 52.5. The summed E-state index contributed by atoms with van der Waals surface area (Å²) in [5.74, 6) is -4.00. The third kappa shape index (κ3) is 7.44. The van der Waals surface area contributed by atoms with Gasteiger partial charge < -0.3 is 36.9 Å². The van der Waals surface area contributed by atoms with Crippen LogP contribution in [0.25, 0.3) is 10.9 Å². The van der Waals surface area contributed by atoms with Crippen LogP contribution in [0.15, 0.2) is 30.5 Å². The summed E-state index contributed by atoms with van der Waals surface area (Å²) in [6.45, 7) is 4.50. The van der Waals surface area contributed by atoms with Gasteiger partial charge in [-0.2, -0.15) is 12.6 Å². The minimum absolute atomic E-state index is 0.102. The fourth-order valence-electron chi connectivity index (χ4n) is 3.52. The van der Waals surface area contributed by atoms with Gasteiger partial charge in [0, 0.05) is 22.9 Å². The molecular weight excluding hydrogens is 474 g/mol. The molecule has 1 aromatic heterocycles. The first kappa shape index (κ1) is 28.1. The van der Waals surface area contributed by atoms with Crippen LogP contribution in [0.1, 0.15) is 26.3 Å². The largest absolute Gasteiger partial charge is 0.480 e. The van der Waals surface area contributed by atoms with E-state index in [0.717, 1.165) is 16.5 Å². The van der Waals surface area contributed by atoms with E-state index in [-0.39, 0.29) is 12.2 Å². The molecule has 2 aromatic rings. The molecule has 5 unspecified atom stereocenters. The molecule has 12 heteroatoms. The van der Waals surface area contributed by atoms with Crippen LogP contribution in [0, 0.1) is 5.92 Å². The van der Waals surface area contributed by atoms with Crippen LogP contribution in [-0.2, 0) is 25.6 Å². The zero-order valence-corrected chi connectivity index (χ0v) is 20.7. The number of nitrogens with two attached hydrogens (primary N) is 1. The van der Waals surface area contributed by atoms with Crippen molar-refractivity contribution in [2.45, 2.75) is 57.5 Å². The molecule has 0 spiro atoms. The average Bonchev–Trinajstić information content (AvgIpc) is 3.20. The number of hydrogen-bond donors (Lipinski definition) is 8. The first-order valence-electron chi connectivity index (χ1n) is 11.2. The number of aromatic nitrogens is 1. The lowest BCUT2D eigenvalue weighted by Gasteiger charge is -2.26. The lowest BCUT2D eigenvalue weighted by Crippen LogP contribution is -2.60. The van der Waals surface area contributed by atoms with Crippen LogP contribution in [0.2, 0.25) is 0 Å². The zero-order chi connectivity index (χ0) is 26.3. The van der Waals surface area contributed by atoms with Crippen molar-refractivity contribution in [3.8, 4) is 0 Å². The number of H-pyrrole nitrogens is 1. The van der Waals surface area contributed by atoms with Gasteiger partial charge in [0.05, 0.1) is 12.1 Å². The van der Waals surface area contributed by atoms with Gasteiger partial charge in [-0.3, -0.25) is 14.4 Å². The van der Waals surface area contributed by atoms with Gasteiger partial charge in [-0.1, -0.05) is 32.0 Å². The van der Waals surface area contributed by atoms with Crippen LogP contribution in [0.4, 0.5) is 0 Å². The molecule has 0 radical (unpaired) electrons. The van der Waals surface area contributed by atoms with Gasteiger partial charge in [-0.15, -0.1) is 0 Å². The number of carbonyl (C=O) groups is 4. The number of aliphatic carboxylic acids is 1. The van der Waals surface area contributed by atoms with Crippen molar-refractivity contribution in [1.29, 1.82) is 0 Å². The predicted octanol–water partition coefficient (Wildman–Crippen LogP) is -0.457. The van der Waals surface area contributed by atoms with E-state index in [1.807, 2.05) is 24.3 Å². The second-order valence-electron chi connectivity index (χ2n) is 8.71. The number of thiol groups is 1. The highest BCUT2D eigenvalue weighted by Crippen LogP contribution is 2.18. The molecule has 1 aromatic carbocycles. The van der Waals surface area contributed by atoms with Crippen molar-refractivity contribution in [3.05, 3.63) is 36.0 Å². The van der Waals surface area contributed by atoms with E-state index in [4.69, 9.17) is 5.73 Å². The standard InChI is InChI=1S/C23H33N5O6S/c1-11(2)18(23(33)34)27-22(32)19(12(3)29)28-21(31)17(10-35)26-20(30)15(24)8-13-9-25-16-7-5-4-6-14(13)16/h4-7,9,11-12,15,17-19,25,29,35H,8,10,24H2,1-3H3,(H,26,30)(H,27,32)(H,28,31)(H,33,34). The van der Waals surface area contributed by atoms with Crippen LogP contribution in [0.3, 0.4) is 0 Å². The molecule has 0 fully saturated rings. The van der Waals surface area contributed by atoms with Crippen LogP contribution < -0.4 is 21.7 Å². The molecule has 0 aliphatic carbocycles. The number of amides is 3. The second-order valence-corrected chi connectivity index (χ2v) is 9.07. The predicted molar refractivity (Wildman–Crippen MR) is 134 cm³/mol. The molecule has 35 heavy (non-hydrogen) atoms. The monoisotopic (exact) mass is 507 g/mol. The highest BCUT2D eigenvalue weighted by atomic mass is 32.1. The number of nitrogens with one attached hydrogen (secondary N) is 4. The lowest BCUT2D eigenvalue weighted by molar-refractivity contribution is -0.144. The van der Waals surface area contributed by atoms with Crippen LogP contribution >= 0.6 is 12.6 Å². The Morgan fingerprint density at radius 3 is 2.20 bits per heavy atom. The summed E-state index contributed by atoms with van der Waals surface area (Å²) < 4.78 is 0. The highest BCUT2D eigenvalue weighted by molar-refractivity contribution is 7.80. The number of para-hydroxylation sites is 1. The summed E-state index contributed by atoms with van der Waals surface area (Å²) in [5, 5.41) is 27.4. The van der Waals surface area contributed by atoms with Crippen molar-refractivity contribution < 1.29 is 29.4 Å². The molecule has 192 valence electrons. The third-order valence-corrected chi connectivity index (χ3v) is 5.93. The van der Waals surface area contributed by atoms with Gasteiger partial charge in [0.15, 0.2) is 0 Å². The Balaban J connectivity index is 2.03. The fraction of sp³-hybridized carbons (Fsp3) is 0.478. The molecule has 1 heterocycles. The van der Waals surface area contributed by atoms with E-state index in [0.29, 0.717) is 0 Å². The topological polar surface area (TPSA) is 187 Å². The second kappa shape index (κ2) is 12.6. The molecular formula is C23H33N5O6S. The number of hydrogen-bond acceptors (Lipinski definition) is 7. The van der Waals surface area contributed by atoms with Crippen molar-refractivity contribution in [2.24, 2.45) is 11.7 Å². The van der Waals surface area contributed by atoms with Gasteiger partial charge in [0.1, 0.15) is 18.1 Å². The number of aliphatic hydroxyl groups is 1. The fourth-order valence-corrected chi connectivity index (χ4v) is 3.78. The average molecular weight is 508 g/mol. The molecule has 0 aliphatic heterocycles. The first-order valence-corrected chi connectivity index (χ1v) is 11.8. The van der Waals surface area contributed by atoms with E-state index in [1.54, 1.807) is 20.0 Å². The Morgan fingerprint density at radius 1 is 1.00 bits per heavy atom. The van der Waals surface area contributed by atoms with Crippen molar-refractivity contribution in [3.63, 3.8) is 0 Å². The highest BCUT2D eigenvalue weighted by Gasteiger charge is 2.33. The maximum Gasteiger partial charge on any atom is 0.326 e. The number of carbonyl (C=O) groups excluding carboxylic acids is 3. The Morgan fingerprint density at radius 2 is 1.63 bits per heavy atom. The van der Waals surface area contributed by atoms with Crippen LogP contribution in [-0.4, -0.2) is 74.9 Å². The number of carboxylic acids is 1. The van der Waals surface area contributed by atoms with Crippen molar-refractivity contribution >= 4 is 47.2 Å². The van der Waals surface area contributed by atoms with Gasteiger partial charge in [0.25, 0.3) is 0 Å². The number of fused-ring (bicyclic) bond motifs is 1. The van der Waals surface area contributed by atoms with Gasteiger partial charge in [-0.05, 0) is 30.9 Å². The first-order chi connectivity index (χ1) is 16.5. The summed E-state index contributed by atoms with van der Waals surface area (Å²) in [6, 6.07) is 2.83. The minimum atomic E-state index is -1.44. The van der Waals surface area contributed by atoms with E-state index < -0.39 is 59.9 Å². The van der Waals surface area contributed by atoms with Crippen molar-refractivity contribution in [1.82, 2.24) is 20.9 Å². The minimum Gasteiger partial charge on any atom is -0.480 e. The van der Waals surface area contributed by atoms with Gasteiger partial charge in [-0.25, -0.2) is 4.79 Å². The summed E-state index contributed by atoms with van der Waals surface area (Å²) >= 11 is 4.11. The lowest BCUT2D eigenvalue weighted by atomic mass is 10.0. The molecule has 5 atom stereocenters. The number of benzene rings is 1. The Bertz CT molecular complexity index is 1060. The molecule has 2 rings (SSSR count). The molecule has 0 saturated carbocycles. The smallest absolute Gasteiger partial charge is 0.326 e. The quantitative estimate of drug-likeness (QED) is 0.179. The van der Waals surface area contributed by atoms with E-state index in [9.17, 15) is 29.4 Å². The Hall–Kier alpha value is -3.09. The number of rotatable bonds is 12. The summed E-state index contributed by atoms with van der Waals surface area (Å²) in [5.41, 5.74) is 7.83. The van der Waals surface area contributed by atoms with Gasteiger partial charge in [0.2, 0.25) is 17.7 Å². The number of aliphatic hydroxyl groups excluding tert-OH is 1. The number of aromatic amines is 1. The zero-order valence-electron chi connectivity index (χ0n) is 19.8. The van der Waals surface area contributed by atoms with Gasteiger partial charge >= 0.3 is 5.97 Å². The van der Waals surface area contributed by atoms with E-state index in [1.165, 1.54) is 6.92 Å². The third-order valence-electron chi connectivity index (χ3n) is 5.56. The normalized spacial score (nSPS) is 15.6. The molecule has 0 bridgehead atoms. The molecule has 3 amide bonds. The SMILES string of the molecule is CC(C)C(NC(=O)C(NC(=O)C(CS)NC(=O)C(N)Cc1c[nH]c2ccccc12)C(C)O)C(=O)O. The van der Waals surface area contributed by atoms with Crippen molar-refractivity contribution in [2.75, 3.05) is 5.75 Å². The molecule has 0 aliphatic rings. The van der Waals surface area contributed by atoms with E-state index in [2.05, 4.69) is 33.6 Å². The summed E-state index contributed by atoms with van der Waals surface area (Å²) in [6.07, 6.45) is 0.663. The number of carboxylic acid groups (broad SMARTS) is 1. The Kier molecular flexibility index (Phi) is 10.1.